The molecule has 1 aromatic carbocycles. The Kier molecular flexibility index (Phi) is 5.68. The molecule has 2 atom stereocenters. The minimum absolute atomic E-state index is 0.0438. The van der Waals surface area contributed by atoms with E-state index >= 15 is 0 Å². The van der Waals surface area contributed by atoms with Gasteiger partial charge in [0.05, 0.1) is 6.04 Å². The van der Waals surface area contributed by atoms with E-state index in [9.17, 15) is 4.79 Å². The molecule has 4 nitrogen and oxygen atoms in total. The third-order valence-corrected chi connectivity index (χ3v) is 5.07. The molecule has 0 bridgehead atoms. The van der Waals surface area contributed by atoms with E-state index in [1.165, 1.54) is 30.5 Å². The van der Waals surface area contributed by atoms with E-state index in [1.54, 1.807) is 0 Å². The van der Waals surface area contributed by atoms with E-state index in [0.29, 0.717) is 5.92 Å². The van der Waals surface area contributed by atoms with Gasteiger partial charge in [0.2, 0.25) is 5.91 Å². The molecule has 23 heavy (non-hydrogen) atoms. The van der Waals surface area contributed by atoms with Gasteiger partial charge >= 0.3 is 0 Å². The highest BCUT2D eigenvalue weighted by Crippen LogP contribution is 2.18. The van der Waals surface area contributed by atoms with Crippen LogP contribution >= 0.6 is 0 Å². The number of hydrogen-bond acceptors (Lipinski definition) is 3. The summed E-state index contributed by atoms with van der Waals surface area (Å²) in [5.41, 5.74) is 2.70. The number of rotatable bonds is 5. The Morgan fingerprint density at radius 1 is 1.26 bits per heavy atom. The minimum Gasteiger partial charge on any atom is -0.354 e. The fraction of sp³-hybridized carbons (Fsp3) is 0.632. The van der Waals surface area contributed by atoms with Crippen molar-refractivity contribution >= 4 is 5.91 Å². The summed E-state index contributed by atoms with van der Waals surface area (Å²) in [7, 11) is 0. The molecule has 0 spiro atoms. The van der Waals surface area contributed by atoms with Crippen LogP contribution in [0.4, 0.5) is 0 Å². The standard InChI is InChI=1S/C19H29N3O/c1-15-6-8-16(9-7-15)13-22-11-3-4-17(14-22)12-21-19(23)18-5-2-10-20-18/h6-9,17-18,20H,2-5,10-14H2,1H3,(H,21,23). The van der Waals surface area contributed by atoms with Crippen molar-refractivity contribution in [3.8, 4) is 0 Å². The van der Waals surface area contributed by atoms with Crippen LogP contribution in [-0.2, 0) is 11.3 Å². The molecule has 0 saturated carbocycles. The van der Waals surface area contributed by atoms with Crippen LogP contribution in [0.15, 0.2) is 24.3 Å². The number of nitrogens with one attached hydrogen (secondary N) is 2. The van der Waals surface area contributed by atoms with E-state index in [4.69, 9.17) is 0 Å². The van der Waals surface area contributed by atoms with Crippen molar-refractivity contribution in [2.75, 3.05) is 26.2 Å². The first-order chi connectivity index (χ1) is 11.2. The van der Waals surface area contributed by atoms with Crippen LogP contribution in [-0.4, -0.2) is 43.0 Å². The van der Waals surface area contributed by atoms with Gasteiger partial charge in [-0.2, -0.15) is 0 Å². The largest absolute Gasteiger partial charge is 0.354 e. The van der Waals surface area contributed by atoms with E-state index in [-0.39, 0.29) is 11.9 Å². The van der Waals surface area contributed by atoms with Gasteiger partial charge in [-0.05, 0) is 57.2 Å². The number of hydrogen-bond donors (Lipinski definition) is 2. The molecule has 4 heteroatoms. The molecule has 2 heterocycles. The number of carbonyl (C=O) groups excluding carboxylic acids is 1. The average molecular weight is 315 g/mol. The van der Waals surface area contributed by atoms with E-state index in [0.717, 1.165) is 39.0 Å². The Labute approximate surface area is 139 Å². The number of piperidine rings is 1. The molecule has 0 aliphatic carbocycles. The van der Waals surface area contributed by atoms with Crippen LogP contribution < -0.4 is 10.6 Å². The molecule has 2 aliphatic heterocycles. The predicted octanol–water partition coefficient (Wildman–Crippen LogP) is 2.08. The normalized spacial score (nSPS) is 25.4. The van der Waals surface area contributed by atoms with Crippen molar-refractivity contribution in [1.29, 1.82) is 0 Å². The molecule has 2 N–H and O–H groups in total. The summed E-state index contributed by atoms with van der Waals surface area (Å²) >= 11 is 0. The van der Waals surface area contributed by atoms with Crippen LogP contribution in [0.5, 0.6) is 0 Å². The van der Waals surface area contributed by atoms with Gasteiger partial charge in [-0.1, -0.05) is 29.8 Å². The van der Waals surface area contributed by atoms with E-state index in [2.05, 4.69) is 46.7 Å². The summed E-state index contributed by atoms with van der Waals surface area (Å²) in [5, 5.41) is 6.43. The maximum Gasteiger partial charge on any atom is 0.237 e. The zero-order valence-corrected chi connectivity index (χ0v) is 14.2. The highest BCUT2D eigenvalue weighted by molar-refractivity contribution is 5.81. The zero-order chi connectivity index (χ0) is 16.1. The molecule has 126 valence electrons. The van der Waals surface area contributed by atoms with Crippen molar-refractivity contribution in [2.24, 2.45) is 5.92 Å². The molecule has 1 amide bonds. The third-order valence-electron chi connectivity index (χ3n) is 5.07. The van der Waals surface area contributed by atoms with Crippen LogP contribution in [0.25, 0.3) is 0 Å². The highest BCUT2D eigenvalue weighted by Gasteiger charge is 2.24. The third kappa shape index (κ3) is 4.79. The second-order valence-corrected chi connectivity index (χ2v) is 7.12. The van der Waals surface area contributed by atoms with Gasteiger partial charge in [-0.15, -0.1) is 0 Å². The van der Waals surface area contributed by atoms with Crippen molar-refractivity contribution in [3.63, 3.8) is 0 Å². The summed E-state index contributed by atoms with van der Waals surface area (Å²) in [4.78, 5) is 14.6. The second-order valence-electron chi connectivity index (χ2n) is 7.12. The monoisotopic (exact) mass is 315 g/mol. The van der Waals surface area contributed by atoms with Crippen LogP contribution in [0, 0.1) is 12.8 Å². The first-order valence-electron chi connectivity index (χ1n) is 9.00. The first kappa shape index (κ1) is 16.5. The number of aryl methyl sites for hydroxylation is 1. The number of benzene rings is 1. The Bertz CT molecular complexity index is 508. The number of likely N-dealkylation sites (tertiary alicyclic amines) is 1. The summed E-state index contributed by atoms with van der Waals surface area (Å²) in [6.07, 6.45) is 4.55. The number of nitrogens with zero attached hydrogens (tertiary/aromatic N) is 1. The zero-order valence-electron chi connectivity index (χ0n) is 14.2. The fourth-order valence-corrected chi connectivity index (χ4v) is 3.69. The Morgan fingerprint density at radius 3 is 2.83 bits per heavy atom. The second kappa shape index (κ2) is 7.93. The lowest BCUT2D eigenvalue weighted by Crippen LogP contribution is -2.45. The molecule has 2 aliphatic rings. The van der Waals surface area contributed by atoms with Crippen molar-refractivity contribution < 1.29 is 4.79 Å². The van der Waals surface area contributed by atoms with Gasteiger partial charge in [0.25, 0.3) is 0 Å². The molecular formula is C19H29N3O. The van der Waals surface area contributed by atoms with Crippen molar-refractivity contribution in [3.05, 3.63) is 35.4 Å². The molecule has 2 saturated heterocycles. The minimum atomic E-state index is 0.0438. The molecule has 3 rings (SSSR count). The summed E-state index contributed by atoms with van der Waals surface area (Å²) in [6.45, 7) is 7.21. The Balaban J connectivity index is 1.44. The summed E-state index contributed by atoms with van der Waals surface area (Å²) < 4.78 is 0. The Hall–Kier alpha value is -1.39. The van der Waals surface area contributed by atoms with Gasteiger partial charge in [0, 0.05) is 19.6 Å². The first-order valence-corrected chi connectivity index (χ1v) is 9.00. The van der Waals surface area contributed by atoms with Crippen LogP contribution in [0.3, 0.4) is 0 Å². The number of carbonyl (C=O) groups is 1. The molecule has 2 unspecified atom stereocenters. The van der Waals surface area contributed by atoms with Gasteiger partial charge < -0.3 is 10.6 Å². The van der Waals surface area contributed by atoms with Gasteiger partial charge in [-0.3, -0.25) is 9.69 Å². The lowest BCUT2D eigenvalue weighted by atomic mass is 9.97. The highest BCUT2D eigenvalue weighted by atomic mass is 16.2. The topological polar surface area (TPSA) is 44.4 Å². The lowest BCUT2D eigenvalue weighted by Gasteiger charge is -2.33. The Morgan fingerprint density at radius 2 is 2.09 bits per heavy atom. The van der Waals surface area contributed by atoms with Crippen molar-refractivity contribution in [1.82, 2.24) is 15.5 Å². The average Bonchev–Trinajstić information content (AvgIpc) is 3.10. The van der Waals surface area contributed by atoms with Gasteiger partial charge in [0.15, 0.2) is 0 Å². The number of amides is 1. The van der Waals surface area contributed by atoms with E-state index in [1.807, 2.05) is 0 Å². The maximum atomic E-state index is 12.1. The fourth-order valence-electron chi connectivity index (χ4n) is 3.69. The van der Waals surface area contributed by atoms with Crippen LogP contribution in [0.2, 0.25) is 0 Å². The van der Waals surface area contributed by atoms with Crippen molar-refractivity contribution in [2.45, 2.75) is 45.2 Å². The molecule has 0 aromatic heterocycles. The SMILES string of the molecule is Cc1ccc(CN2CCCC(CNC(=O)C3CCCN3)C2)cc1. The van der Waals surface area contributed by atoms with Crippen LogP contribution in [0.1, 0.15) is 36.8 Å². The summed E-state index contributed by atoms with van der Waals surface area (Å²) in [6, 6.07) is 8.87. The quantitative estimate of drug-likeness (QED) is 0.874. The maximum absolute atomic E-state index is 12.1. The summed E-state index contributed by atoms with van der Waals surface area (Å²) in [5.74, 6) is 0.776. The van der Waals surface area contributed by atoms with E-state index < -0.39 is 0 Å². The smallest absolute Gasteiger partial charge is 0.237 e. The molecule has 0 radical (unpaired) electrons. The molecule has 1 aromatic rings. The van der Waals surface area contributed by atoms with Gasteiger partial charge in [0.1, 0.15) is 0 Å². The predicted molar refractivity (Wildman–Crippen MR) is 93.2 cm³/mol. The van der Waals surface area contributed by atoms with Gasteiger partial charge in [-0.25, -0.2) is 0 Å². The lowest BCUT2D eigenvalue weighted by molar-refractivity contribution is -0.123. The molecular weight excluding hydrogens is 286 g/mol. The molecule has 2 fully saturated rings.